The van der Waals surface area contributed by atoms with Crippen molar-refractivity contribution >= 4 is 29.1 Å². The zero-order valence-corrected chi connectivity index (χ0v) is 18.3. The van der Waals surface area contributed by atoms with Crippen molar-refractivity contribution < 1.29 is 22.8 Å². The number of nitrogens with one attached hydrogen (secondary N) is 1. The van der Waals surface area contributed by atoms with Crippen molar-refractivity contribution in [3.05, 3.63) is 48.3 Å². The molecule has 172 valence electrons. The number of hydrogen-bond donors (Lipinski definition) is 1. The summed E-state index contributed by atoms with van der Waals surface area (Å²) in [6, 6.07) is 2.58. The molecule has 0 aromatic carbocycles. The molecule has 2 heterocycles. The minimum Gasteiger partial charge on any atom is -0.351 e. The highest BCUT2D eigenvalue weighted by molar-refractivity contribution is 6.32. The standard InChI is InChI=1S/C21H23ClF3N5O2/c1-13-3-4-16(11-28-13)30(18(31)17(22)23)20(2,14-9-26-12-27-10-14)19(32)29-15-5-7-21(24,25)8-6-15/h3-4,9-12,15,17H,5-8H2,1-2H3,(H,29,32)/t17-,20+/m0/s1. The highest BCUT2D eigenvalue weighted by atomic mass is 35.5. The predicted octanol–water partition coefficient (Wildman–Crippen LogP) is 3.66. The molecule has 7 nitrogen and oxygen atoms in total. The van der Waals surface area contributed by atoms with Crippen molar-refractivity contribution in [2.24, 2.45) is 0 Å². The Kier molecular flexibility index (Phi) is 7.02. The summed E-state index contributed by atoms with van der Waals surface area (Å²) >= 11 is 5.50. The number of aryl methyl sites for hydroxylation is 1. The van der Waals surface area contributed by atoms with Crippen molar-refractivity contribution in [2.75, 3.05) is 4.90 Å². The molecule has 3 rings (SSSR count). The molecule has 0 bridgehead atoms. The van der Waals surface area contributed by atoms with E-state index in [2.05, 4.69) is 20.3 Å². The molecule has 2 atom stereocenters. The third-order valence-electron chi connectivity index (χ3n) is 5.63. The van der Waals surface area contributed by atoms with Gasteiger partial charge in [-0.3, -0.25) is 19.5 Å². The fourth-order valence-electron chi connectivity index (χ4n) is 3.72. The quantitative estimate of drug-likeness (QED) is 0.652. The highest BCUT2D eigenvalue weighted by Crippen LogP contribution is 2.36. The lowest BCUT2D eigenvalue weighted by Gasteiger charge is -2.41. The molecule has 2 amide bonds. The van der Waals surface area contributed by atoms with E-state index in [4.69, 9.17) is 11.6 Å². The van der Waals surface area contributed by atoms with Gasteiger partial charge in [0.25, 0.3) is 17.4 Å². The molecule has 1 N–H and O–H groups in total. The van der Waals surface area contributed by atoms with Gasteiger partial charge >= 0.3 is 0 Å². The number of nitrogens with zero attached hydrogens (tertiary/aromatic N) is 4. The van der Waals surface area contributed by atoms with E-state index in [1.165, 1.54) is 37.9 Å². The largest absolute Gasteiger partial charge is 0.351 e. The molecule has 1 fully saturated rings. The van der Waals surface area contributed by atoms with Crippen molar-refractivity contribution in [1.82, 2.24) is 20.3 Å². The first-order valence-corrected chi connectivity index (χ1v) is 10.5. The Morgan fingerprint density at radius 3 is 2.38 bits per heavy atom. The number of rotatable bonds is 6. The molecule has 11 heteroatoms. The van der Waals surface area contributed by atoms with Gasteiger partial charge in [-0.1, -0.05) is 11.6 Å². The number of anilines is 1. The van der Waals surface area contributed by atoms with Gasteiger partial charge in [-0.25, -0.2) is 23.1 Å². The lowest BCUT2D eigenvalue weighted by atomic mass is 9.87. The minimum atomic E-state index is -2.77. The zero-order valence-electron chi connectivity index (χ0n) is 17.6. The molecule has 2 aromatic heterocycles. The normalized spacial score (nSPS) is 18.9. The maximum atomic E-state index is 14.1. The van der Waals surface area contributed by atoms with Gasteiger partial charge in [0.05, 0.1) is 11.9 Å². The Bertz CT molecular complexity index is 952. The second kappa shape index (κ2) is 9.40. The molecule has 0 radical (unpaired) electrons. The van der Waals surface area contributed by atoms with E-state index in [1.807, 2.05) is 0 Å². The summed E-state index contributed by atoms with van der Waals surface area (Å²) in [6.45, 7) is 3.13. The van der Waals surface area contributed by atoms with E-state index in [1.54, 1.807) is 13.0 Å². The maximum absolute atomic E-state index is 14.1. The van der Waals surface area contributed by atoms with E-state index >= 15 is 0 Å². The van der Waals surface area contributed by atoms with Crippen LogP contribution in [0.5, 0.6) is 0 Å². The number of carbonyl (C=O) groups excluding carboxylic acids is 2. The monoisotopic (exact) mass is 469 g/mol. The Balaban J connectivity index is 2.05. The van der Waals surface area contributed by atoms with Gasteiger partial charge in [0.2, 0.25) is 5.92 Å². The van der Waals surface area contributed by atoms with Crippen LogP contribution >= 0.6 is 11.6 Å². The van der Waals surface area contributed by atoms with Crippen LogP contribution in [0.25, 0.3) is 0 Å². The van der Waals surface area contributed by atoms with Crippen LogP contribution in [0.1, 0.15) is 43.9 Å². The second-order valence-electron chi connectivity index (χ2n) is 7.94. The molecular weight excluding hydrogens is 447 g/mol. The minimum absolute atomic E-state index is 0.0708. The molecule has 0 saturated heterocycles. The van der Waals surface area contributed by atoms with E-state index in [0.717, 1.165) is 4.90 Å². The summed E-state index contributed by atoms with van der Waals surface area (Å²) < 4.78 is 41.2. The smallest absolute Gasteiger partial charge is 0.278 e. The van der Waals surface area contributed by atoms with Crippen LogP contribution < -0.4 is 10.2 Å². The third kappa shape index (κ3) is 5.01. The first-order chi connectivity index (χ1) is 15.0. The van der Waals surface area contributed by atoms with Gasteiger partial charge in [0, 0.05) is 42.5 Å². The van der Waals surface area contributed by atoms with E-state index in [0.29, 0.717) is 5.69 Å². The van der Waals surface area contributed by atoms with E-state index < -0.39 is 34.9 Å². The molecule has 32 heavy (non-hydrogen) atoms. The topological polar surface area (TPSA) is 88.1 Å². The second-order valence-corrected chi connectivity index (χ2v) is 8.32. The molecule has 2 aromatic rings. The Morgan fingerprint density at radius 1 is 1.22 bits per heavy atom. The van der Waals surface area contributed by atoms with E-state index in [-0.39, 0.29) is 36.9 Å². The SMILES string of the molecule is Cc1ccc(N(C(=O)[C@H](F)Cl)[C@@](C)(C(=O)NC2CCC(F)(F)CC2)c2cncnc2)cn1. The summed E-state index contributed by atoms with van der Waals surface area (Å²) in [7, 11) is 0. The van der Waals surface area contributed by atoms with Crippen LogP contribution in [0.3, 0.4) is 0 Å². The van der Waals surface area contributed by atoms with Crippen molar-refractivity contribution in [3.63, 3.8) is 0 Å². The van der Waals surface area contributed by atoms with Crippen LogP contribution in [0.4, 0.5) is 18.9 Å². The average molecular weight is 470 g/mol. The average Bonchev–Trinajstić information content (AvgIpc) is 2.77. The van der Waals surface area contributed by atoms with Gasteiger partial charge in [0.15, 0.2) is 5.54 Å². The third-order valence-corrected chi connectivity index (χ3v) is 5.81. The summed E-state index contributed by atoms with van der Waals surface area (Å²) in [5.74, 6) is -4.66. The Morgan fingerprint density at radius 2 is 1.84 bits per heavy atom. The molecule has 0 spiro atoms. The number of alkyl halides is 4. The molecular formula is C21H23ClF3N5O2. The van der Waals surface area contributed by atoms with Gasteiger partial charge in [-0.2, -0.15) is 0 Å². The number of carbonyl (C=O) groups is 2. The van der Waals surface area contributed by atoms with E-state index in [9.17, 15) is 22.8 Å². The molecule has 1 saturated carbocycles. The van der Waals surface area contributed by atoms with Gasteiger partial charge in [-0.15, -0.1) is 0 Å². The number of pyridine rings is 1. The van der Waals surface area contributed by atoms with Crippen molar-refractivity contribution in [2.45, 2.75) is 62.7 Å². The number of halogens is 4. The van der Waals surface area contributed by atoms with Crippen molar-refractivity contribution in [1.29, 1.82) is 0 Å². The van der Waals surface area contributed by atoms with Crippen molar-refractivity contribution in [3.8, 4) is 0 Å². The van der Waals surface area contributed by atoms with Crippen LogP contribution in [0.15, 0.2) is 37.1 Å². The Hall–Kier alpha value is -2.75. The zero-order chi connectivity index (χ0) is 23.5. The van der Waals surface area contributed by atoms with Gasteiger partial charge in [0.1, 0.15) is 6.33 Å². The van der Waals surface area contributed by atoms with Gasteiger partial charge < -0.3 is 5.32 Å². The Labute approximate surface area is 188 Å². The highest BCUT2D eigenvalue weighted by Gasteiger charge is 2.48. The summed E-state index contributed by atoms with van der Waals surface area (Å²) in [5, 5.41) is 2.74. The first kappa shape index (κ1) is 23.9. The maximum Gasteiger partial charge on any atom is 0.278 e. The number of hydrogen-bond acceptors (Lipinski definition) is 5. The number of amides is 2. The molecule has 1 aliphatic rings. The molecule has 1 aliphatic carbocycles. The predicted molar refractivity (Wildman–Crippen MR) is 112 cm³/mol. The first-order valence-electron chi connectivity index (χ1n) is 10.0. The molecule has 0 unspecified atom stereocenters. The fourth-order valence-corrected chi connectivity index (χ4v) is 3.82. The lowest BCUT2D eigenvalue weighted by molar-refractivity contribution is -0.132. The summed E-state index contributed by atoms with van der Waals surface area (Å²) in [4.78, 5) is 39.4. The fraction of sp³-hybridized carbons (Fsp3) is 0.476. The van der Waals surface area contributed by atoms with Gasteiger partial charge in [-0.05, 0) is 38.8 Å². The van der Waals surface area contributed by atoms with Crippen LogP contribution in [0.2, 0.25) is 0 Å². The van der Waals surface area contributed by atoms with Crippen LogP contribution in [-0.2, 0) is 15.1 Å². The lowest BCUT2D eigenvalue weighted by Crippen LogP contribution is -2.60. The summed E-state index contributed by atoms with van der Waals surface area (Å²) in [5.41, 5.74) is -3.33. The molecule has 0 aliphatic heterocycles. The van der Waals surface area contributed by atoms with Crippen LogP contribution in [-0.4, -0.2) is 44.4 Å². The number of aromatic nitrogens is 3. The summed E-state index contributed by atoms with van der Waals surface area (Å²) in [6.07, 6.45) is 4.63. The van der Waals surface area contributed by atoms with Crippen LogP contribution in [0, 0.1) is 6.92 Å².